The molecule has 0 unspecified atom stereocenters. The summed E-state index contributed by atoms with van der Waals surface area (Å²) in [4.78, 5) is 7.09. The summed E-state index contributed by atoms with van der Waals surface area (Å²) in [5.74, 6) is 0.595. The largest absolute Gasteiger partial charge is 0.456 e. The van der Waals surface area contributed by atoms with E-state index in [1.165, 1.54) is 32.7 Å². The first-order valence-corrected chi connectivity index (χ1v) is 16.5. The van der Waals surface area contributed by atoms with Crippen molar-refractivity contribution in [3.05, 3.63) is 170 Å². The van der Waals surface area contributed by atoms with Gasteiger partial charge >= 0.3 is 0 Å². The van der Waals surface area contributed by atoms with Crippen molar-refractivity contribution in [1.29, 1.82) is 0 Å². The van der Waals surface area contributed by atoms with Gasteiger partial charge in [0.15, 0.2) is 5.58 Å². The van der Waals surface area contributed by atoms with E-state index in [-0.39, 0.29) is 0 Å². The fourth-order valence-electron chi connectivity index (χ4n) is 7.21. The van der Waals surface area contributed by atoms with Crippen molar-refractivity contribution in [1.82, 2.24) is 4.98 Å². The predicted molar refractivity (Wildman–Crippen MR) is 202 cm³/mol. The van der Waals surface area contributed by atoms with Gasteiger partial charge in [-0.3, -0.25) is 0 Å². The van der Waals surface area contributed by atoms with Crippen LogP contribution in [0.15, 0.2) is 179 Å². The van der Waals surface area contributed by atoms with Crippen molar-refractivity contribution in [3.63, 3.8) is 0 Å². The van der Waals surface area contributed by atoms with Crippen LogP contribution in [0.25, 0.3) is 77.2 Å². The third-order valence-electron chi connectivity index (χ3n) is 9.46. The number of rotatable bonds is 5. The van der Waals surface area contributed by atoms with E-state index in [2.05, 4.69) is 132 Å². The Morgan fingerprint density at radius 3 is 1.94 bits per heavy atom. The highest BCUT2D eigenvalue weighted by molar-refractivity contribution is 6.16. The van der Waals surface area contributed by atoms with E-state index in [1.54, 1.807) is 0 Å². The molecule has 0 radical (unpaired) electrons. The molecule has 10 aromatic rings. The van der Waals surface area contributed by atoms with Crippen molar-refractivity contribution < 1.29 is 8.83 Å². The average Bonchev–Trinajstić information content (AvgIpc) is 3.76. The predicted octanol–water partition coefficient (Wildman–Crippen LogP) is 12.8. The van der Waals surface area contributed by atoms with Crippen LogP contribution in [-0.4, -0.2) is 4.98 Å². The lowest BCUT2D eigenvalue weighted by molar-refractivity contribution is 0.620. The zero-order valence-corrected chi connectivity index (χ0v) is 26.4. The SMILES string of the molecule is c1ccc(-c2nc3cc4oc5cccc(N(c6ccccc6)c6ccc(-c7cc8ccccc8c8ccccc78)cc6)c5c4cc3o2)cc1. The standard InChI is InChI=1S/C45H28N2O2/c1-3-12-30(13-4-1)45-46-39-28-42-38(27-43(39)49-45)44-40(20-11-21-41(44)48-42)47(32-15-5-2-6-16-32)33-24-22-29(23-25-33)37-26-31-14-7-8-17-34(31)35-18-9-10-19-36(35)37/h1-28H. The Bertz CT molecular complexity index is 2820. The van der Waals surface area contributed by atoms with E-state index < -0.39 is 0 Å². The van der Waals surface area contributed by atoms with E-state index in [9.17, 15) is 0 Å². The lowest BCUT2D eigenvalue weighted by Gasteiger charge is -2.26. The Kier molecular flexibility index (Phi) is 6.15. The van der Waals surface area contributed by atoms with Gasteiger partial charge in [0.1, 0.15) is 16.7 Å². The normalized spacial score (nSPS) is 11.7. The second kappa shape index (κ2) is 11.0. The van der Waals surface area contributed by atoms with Gasteiger partial charge in [0.25, 0.3) is 0 Å². The van der Waals surface area contributed by atoms with Crippen LogP contribution in [0.5, 0.6) is 0 Å². The molecule has 0 aliphatic rings. The van der Waals surface area contributed by atoms with Crippen LogP contribution in [0.1, 0.15) is 0 Å². The highest BCUT2D eigenvalue weighted by Crippen LogP contribution is 2.44. The lowest BCUT2D eigenvalue weighted by Crippen LogP contribution is -2.10. The maximum Gasteiger partial charge on any atom is 0.227 e. The molecule has 0 spiro atoms. The first-order chi connectivity index (χ1) is 24.3. The van der Waals surface area contributed by atoms with Crippen LogP contribution in [-0.2, 0) is 0 Å². The molecule has 4 nitrogen and oxygen atoms in total. The van der Waals surface area contributed by atoms with Gasteiger partial charge in [-0.25, -0.2) is 4.98 Å². The number of furan rings is 1. The molecule has 0 aliphatic carbocycles. The van der Waals surface area contributed by atoms with Gasteiger partial charge in [0.2, 0.25) is 5.89 Å². The van der Waals surface area contributed by atoms with Crippen molar-refractivity contribution in [3.8, 4) is 22.6 Å². The minimum Gasteiger partial charge on any atom is -0.456 e. The zero-order chi connectivity index (χ0) is 32.3. The number of anilines is 3. The molecule has 4 heteroatoms. The number of hydrogen-bond acceptors (Lipinski definition) is 4. The number of oxazole rings is 1. The van der Waals surface area contributed by atoms with E-state index in [4.69, 9.17) is 13.8 Å². The smallest absolute Gasteiger partial charge is 0.227 e. The molecule has 0 saturated heterocycles. The summed E-state index contributed by atoms with van der Waals surface area (Å²) in [6, 6.07) is 59.3. The number of benzene rings is 8. The molecule has 0 N–H and O–H groups in total. The Hall–Kier alpha value is -6.65. The van der Waals surface area contributed by atoms with Crippen LogP contribution in [0.3, 0.4) is 0 Å². The van der Waals surface area contributed by atoms with Crippen LogP contribution < -0.4 is 4.90 Å². The maximum atomic E-state index is 6.48. The van der Waals surface area contributed by atoms with Gasteiger partial charge in [-0.2, -0.15) is 0 Å². The van der Waals surface area contributed by atoms with Crippen LogP contribution >= 0.6 is 0 Å². The van der Waals surface area contributed by atoms with Gasteiger partial charge in [0, 0.05) is 28.4 Å². The molecule has 2 heterocycles. The second-order valence-electron chi connectivity index (χ2n) is 12.4. The van der Waals surface area contributed by atoms with E-state index in [0.29, 0.717) is 5.89 Å². The minimum absolute atomic E-state index is 0.595. The Morgan fingerprint density at radius 2 is 1.12 bits per heavy atom. The summed E-state index contributed by atoms with van der Waals surface area (Å²) in [7, 11) is 0. The minimum atomic E-state index is 0.595. The molecule has 2 aromatic heterocycles. The number of aromatic nitrogens is 1. The first kappa shape index (κ1) is 27.5. The molecular formula is C45H28N2O2. The van der Waals surface area contributed by atoms with Gasteiger partial charge in [-0.05, 0) is 93.3 Å². The molecule has 0 bridgehead atoms. The van der Waals surface area contributed by atoms with Crippen molar-refractivity contribution >= 4 is 71.6 Å². The van der Waals surface area contributed by atoms with E-state index in [0.717, 1.165) is 55.7 Å². The molecule has 0 amide bonds. The quantitative estimate of drug-likeness (QED) is 0.178. The molecule has 0 aliphatic heterocycles. The fraction of sp³-hybridized carbons (Fsp3) is 0. The monoisotopic (exact) mass is 628 g/mol. The summed E-state index contributed by atoms with van der Waals surface area (Å²) >= 11 is 0. The molecule has 0 atom stereocenters. The van der Waals surface area contributed by atoms with Gasteiger partial charge in [-0.1, -0.05) is 103 Å². The maximum absolute atomic E-state index is 6.48. The molecule has 0 saturated carbocycles. The summed E-state index contributed by atoms with van der Waals surface area (Å²) in [6.07, 6.45) is 0. The average molecular weight is 629 g/mol. The number of para-hydroxylation sites is 1. The Balaban J connectivity index is 1.14. The zero-order valence-electron chi connectivity index (χ0n) is 26.4. The van der Waals surface area contributed by atoms with Crippen molar-refractivity contribution in [2.24, 2.45) is 0 Å². The lowest BCUT2D eigenvalue weighted by atomic mass is 9.93. The number of hydrogen-bond donors (Lipinski definition) is 0. The second-order valence-corrected chi connectivity index (χ2v) is 12.4. The molecule has 230 valence electrons. The Labute approximate surface area is 282 Å². The highest BCUT2D eigenvalue weighted by atomic mass is 16.4. The van der Waals surface area contributed by atoms with Gasteiger partial charge < -0.3 is 13.7 Å². The van der Waals surface area contributed by atoms with Gasteiger partial charge in [0.05, 0.1) is 11.1 Å². The topological polar surface area (TPSA) is 42.4 Å². The third kappa shape index (κ3) is 4.49. The molecular weight excluding hydrogens is 601 g/mol. The van der Waals surface area contributed by atoms with Crippen LogP contribution in [0.4, 0.5) is 17.1 Å². The Morgan fingerprint density at radius 1 is 0.429 bits per heavy atom. The first-order valence-electron chi connectivity index (χ1n) is 16.5. The molecule has 0 fully saturated rings. The molecule has 49 heavy (non-hydrogen) atoms. The van der Waals surface area contributed by atoms with Crippen molar-refractivity contribution in [2.75, 3.05) is 4.90 Å². The molecule has 10 rings (SSSR count). The third-order valence-corrected chi connectivity index (χ3v) is 9.46. The number of fused-ring (bicyclic) bond motifs is 7. The summed E-state index contributed by atoms with van der Waals surface area (Å²) < 4.78 is 12.8. The fourth-order valence-corrected chi connectivity index (χ4v) is 7.21. The van der Waals surface area contributed by atoms with Crippen LogP contribution in [0, 0.1) is 0 Å². The van der Waals surface area contributed by atoms with E-state index >= 15 is 0 Å². The van der Waals surface area contributed by atoms with Crippen LogP contribution in [0.2, 0.25) is 0 Å². The molecule has 8 aromatic carbocycles. The summed E-state index contributed by atoms with van der Waals surface area (Å²) in [5, 5.41) is 7.02. The highest BCUT2D eigenvalue weighted by Gasteiger charge is 2.21. The number of nitrogens with zero attached hydrogens (tertiary/aromatic N) is 2. The van der Waals surface area contributed by atoms with Crippen molar-refractivity contribution in [2.45, 2.75) is 0 Å². The van der Waals surface area contributed by atoms with Gasteiger partial charge in [-0.15, -0.1) is 0 Å². The summed E-state index contributed by atoms with van der Waals surface area (Å²) in [5.41, 5.74) is 9.54. The summed E-state index contributed by atoms with van der Waals surface area (Å²) in [6.45, 7) is 0. The van der Waals surface area contributed by atoms with E-state index in [1.807, 2.05) is 42.5 Å².